The molecule has 0 aliphatic carbocycles. The lowest BCUT2D eigenvalue weighted by molar-refractivity contribution is -0.123. The molecule has 3 unspecified atom stereocenters. The number of piperidine rings is 1. The van der Waals surface area contributed by atoms with Gasteiger partial charge in [-0.2, -0.15) is 4.68 Å². The van der Waals surface area contributed by atoms with Gasteiger partial charge in [-0.1, -0.05) is 18.2 Å². The molecule has 2 aromatic rings. The van der Waals surface area contributed by atoms with Crippen molar-refractivity contribution in [1.82, 2.24) is 35.7 Å². The minimum absolute atomic E-state index is 0.00545. The highest BCUT2D eigenvalue weighted by Gasteiger charge is 2.29. The molecule has 2 aliphatic rings. The Morgan fingerprint density at radius 3 is 2.93 bits per heavy atom. The molecule has 2 N–H and O–H groups in total. The van der Waals surface area contributed by atoms with E-state index in [0.29, 0.717) is 5.92 Å². The Hall–Kier alpha value is -2.32. The molecule has 0 saturated carbocycles. The van der Waals surface area contributed by atoms with E-state index in [2.05, 4.69) is 38.0 Å². The Kier molecular flexibility index (Phi) is 5.97. The third-order valence-electron chi connectivity index (χ3n) is 5.91. The van der Waals surface area contributed by atoms with Gasteiger partial charge in [0.15, 0.2) is 5.82 Å². The van der Waals surface area contributed by atoms with Gasteiger partial charge in [0.25, 0.3) is 0 Å². The maximum absolute atomic E-state index is 12.3. The van der Waals surface area contributed by atoms with Gasteiger partial charge in [-0.3, -0.25) is 9.69 Å². The molecule has 3 heterocycles. The first kappa shape index (κ1) is 19.0. The number of tetrazole rings is 1. The molecule has 150 valence electrons. The van der Waals surface area contributed by atoms with Crippen LogP contribution in [0.4, 0.5) is 0 Å². The summed E-state index contributed by atoms with van der Waals surface area (Å²) in [5.41, 5.74) is 0.972. The van der Waals surface area contributed by atoms with Crippen LogP contribution in [0.25, 0.3) is 5.69 Å². The van der Waals surface area contributed by atoms with Crippen molar-refractivity contribution in [3.63, 3.8) is 0 Å². The fourth-order valence-corrected chi connectivity index (χ4v) is 4.26. The minimum Gasteiger partial charge on any atom is -0.354 e. The molecule has 4 rings (SSSR count). The minimum atomic E-state index is -0.00545. The summed E-state index contributed by atoms with van der Waals surface area (Å²) < 4.78 is 1.82. The van der Waals surface area contributed by atoms with Gasteiger partial charge in [0.1, 0.15) is 0 Å². The molecular weight excluding hydrogens is 354 g/mol. The van der Waals surface area contributed by atoms with E-state index in [1.165, 1.54) is 0 Å². The van der Waals surface area contributed by atoms with Crippen LogP contribution in [0.15, 0.2) is 30.3 Å². The molecule has 1 aromatic heterocycles. The van der Waals surface area contributed by atoms with E-state index >= 15 is 0 Å². The first-order valence-electron chi connectivity index (χ1n) is 10.3. The third kappa shape index (κ3) is 4.23. The van der Waals surface area contributed by atoms with Crippen LogP contribution in [-0.2, 0) is 4.79 Å². The summed E-state index contributed by atoms with van der Waals surface area (Å²) in [5.74, 6) is 1.46. The van der Waals surface area contributed by atoms with E-state index in [9.17, 15) is 4.79 Å². The highest BCUT2D eigenvalue weighted by Crippen LogP contribution is 2.26. The largest absolute Gasteiger partial charge is 0.354 e. The van der Waals surface area contributed by atoms with Crippen molar-refractivity contribution >= 4 is 5.91 Å². The van der Waals surface area contributed by atoms with Crippen LogP contribution in [0.1, 0.15) is 44.5 Å². The zero-order chi connectivity index (χ0) is 19.3. The van der Waals surface area contributed by atoms with Crippen molar-refractivity contribution in [2.24, 2.45) is 5.92 Å². The number of hydrogen-bond acceptors (Lipinski definition) is 6. The number of hydrogen-bond donors (Lipinski definition) is 2. The number of carbonyl (C=O) groups excluding carboxylic acids is 1. The Morgan fingerprint density at radius 2 is 2.14 bits per heavy atom. The van der Waals surface area contributed by atoms with Crippen molar-refractivity contribution in [3.8, 4) is 5.69 Å². The molecule has 0 spiro atoms. The molecule has 8 heteroatoms. The first-order chi connectivity index (χ1) is 13.7. The number of amides is 1. The van der Waals surface area contributed by atoms with Crippen LogP contribution in [-0.4, -0.2) is 63.2 Å². The summed E-state index contributed by atoms with van der Waals surface area (Å²) in [6, 6.07) is 10.1. The summed E-state index contributed by atoms with van der Waals surface area (Å²) in [7, 11) is 0. The van der Waals surface area contributed by atoms with Gasteiger partial charge < -0.3 is 10.6 Å². The second-order valence-electron chi connectivity index (χ2n) is 7.86. The molecule has 0 bridgehead atoms. The van der Waals surface area contributed by atoms with E-state index < -0.39 is 0 Å². The second-order valence-corrected chi connectivity index (χ2v) is 7.86. The van der Waals surface area contributed by atoms with Crippen molar-refractivity contribution < 1.29 is 4.79 Å². The Morgan fingerprint density at radius 1 is 1.29 bits per heavy atom. The van der Waals surface area contributed by atoms with E-state index in [1.807, 2.05) is 35.0 Å². The summed E-state index contributed by atoms with van der Waals surface area (Å²) in [6.07, 6.45) is 4.30. The van der Waals surface area contributed by atoms with Crippen LogP contribution in [0, 0.1) is 5.92 Å². The third-order valence-corrected chi connectivity index (χ3v) is 5.91. The first-order valence-corrected chi connectivity index (χ1v) is 10.3. The van der Waals surface area contributed by atoms with Crippen molar-refractivity contribution in [2.45, 2.75) is 44.7 Å². The second kappa shape index (κ2) is 8.79. The maximum Gasteiger partial charge on any atom is 0.237 e. The van der Waals surface area contributed by atoms with Gasteiger partial charge in [-0.05, 0) is 74.2 Å². The molecule has 1 amide bonds. The highest BCUT2D eigenvalue weighted by atomic mass is 16.2. The van der Waals surface area contributed by atoms with E-state index in [-0.39, 0.29) is 18.0 Å². The van der Waals surface area contributed by atoms with Crippen molar-refractivity contribution in [2.75, 3.05) is 26.2 Å². The number of carbonyl (C=O) groups is 1. The van der Waals surface area contributed by atoms with Crippen molar-refractivity contribution in [1.29, 1.82) is 0 Å². The fourth-order valence-electron chi connectivity index (χ4n) is 4.26. The molecule has 2 saturated heterocycles. The summed E-state index contributed by atoms with van der Waals surface area (Å²) in [6.45, 7) is 5.82. The van der Waals surface area contributed by atoms with Gasteiger partial charge in [0, 0.05) is 13.1 Å². The molecule has 3 atom stereocenters. The smallest absolute Gasteiger partial charge is 0.237 e. The lowest BCUT2D eigenvalue weighted by Gasteiger charge is -2.36. The van der Waals surface area contributed by atoms with Crippen molar-refractivity contribution in [3.05, 3.63) is 36.2 Å². The van der Waals surface area contributed by atoms with Gasteiger partial charge in [-0.25, -0.2) is 0 Å². The normalized spacial score (nSPS) is 24.2. The van der Waals surface area contributed by atoms with Gasteiger partial charge >= 0.3 is 0 Å². The Labute approximate surface area is 165 Å². The quantitative estimate of drug-likeness (QED) is 0.782. The van der Waals surface area contributed by atoms with Crippen LogP contribution in [0.5, 0.6) is 0 Å². The summed E-state index contributed by atoms with van der Waals surface area (Å²) in [4.78, 5) is 14.7. The number of likely N-dealkylation sites (tertiary alicyclic amines) is 1. The molecule has 2 aliphatic heterocycles. The van der Waals surface area contributed by atoms with E-state index in [0.717, 1.165) is 63.4 Å². The number of aromatic nitrogens is 4. The molecular formula is C20H29N7O. The highest BCUT2D eigenvalue weighted by molar-refractivity contribution is 5.81. The molecule has 28 heavy (non-hydrogen) atoms. The van der Waals surface area contributed by atoms with Gasteiger partial charge in [-0.15, -0.1) is 5.10 Å². The lowest BCUT2D eigenvalue weighted by Crippen LogP contribution is -2.46. The van der Waals surface area contributed by atoms with Crippen LogP contribution in [0.3, 0.4) is 0 Å². The SMILES string of the molecule is CC(c1nnnn1-c1ccccc1)N1CCCC(CNC(=O)C2CCCN2)C1. The average Bonchev–Trinajstić information content (AvgIpc) is 3.44. The summed E-state index contributed by atoms with van der Waals surface area (Å²) in [5, 5.41) is 18.8. The number of para-hydroxylation sites is 1. The van der Waals surface area contributed by atoms with E-state index in [1.54, 1.807) is 0 Å². The van der Waals surface area contributed by atoms with Gasteiger partial charge in [0.05, 0.1) is 17.8 Å². The molecule has 8 nitrogen and oxygen atoms in total. The van der Waals surface area contributed by atoms with Crippen LogP contribution < -0.4 is 10.6 Å². The molecule has 1 aromatic carbocycles. The Bertz CT molecular complexity index is 772. The monoisotopic (exact) mass is 383 g/mol. The predicted molar refractivity (Wildman–Crippen MR) is 106 cm³/mol. The van der Waals surface area contributed by atoms with E-state index in [4.69, 9.17) is 0 Å². The van der Waals surface area contributed by atoms with Crippen LogP contribution in [0.2, 0.25) is 0 Å². The summed E-state index contributed by atoms with van der Waals surface area (Å²) >= 11 is 0. The number of nitrogens with one attached hydrogen (secondary N) is 2. The number of nitrogens with zero attached hydrogens (tertiary/aromatic N) is 5. The Balaban J connectivity index is 1.37. The topological polar surface area (TPSA) is 88.0 Å². The standard InChI is InChI=1S/C20H29N7O/c1-15(19-23-24-25-27(19)17-8-3-2-4-9-17)26-12-6-7-16(14-26)13-22-20(28)18-10-5-11-21-18/h2-4,8-9,15-16,18,21H,5-7,10-14H2,1H3,(H,22,28). The number of rotatable bonds is 6. The molecule has 2 fully saturated rings. The van der Waals surface area contributed by atoms with Gasteiger partial charge in [0.2, 0.25) is 5.91 Å². The average molecular weight is 384 g/mol. The lowest BCUT2D eigenvalue weighted by atomic mass is 9.96. The zero-order valence-corrected chi connectivity index (χ0v) is 16.4. The molecule has 0 radical (unpaired) electrons. The van der Waals surface area contributed by atoms with Crippen LogP contribution >= 0.6 is 0 Å². The maximum atomic E-state index is 12.3. The zero-order valence-electron chi connectivity index (χ0n) is 16.4. The fraction of sp³-hybridized carbons (Fsp3) is 0.600. The predicted octanol–water partition coefficient (Wildman–Crippen LogP) is 1.30. The number of benzene rings is 1.